The lowest BCUT2D eigenvalue weighted by Crippen LogP contribution is -2.08. The number of benzene rings is 1. The first-order chi connectivity index (χ1) is 8.22. The summed E-state index contributed by atoms with van der Waals surface area (Å²) in [4.78, 5) is 14.6. The molecule has 88 valence electrons. The largest absolute Gasteiger partial charge is 0.463 e. The molecule has 0 spiro atoms. The monoisotopic (exact) mass is 229 g/mol. The highest BCUT2D eigenvalue weighted by atomic mass is 16.5. The van der Waals surface area contributed by atoms with Crippen LogP contribution in [-0.2, 0) is 16.0 Å². The third-order valence-electron chi connectivity index (χ3n) is 2.64. The van der Waals surface area contributed by atoms with Crippen molar-refractivity contribution < 1.29 is 9.53 Å². The molecule has 0 aliphatic heterocycles. The van der Waals surface area contributed by atoms with E-state index in [1.807, 2.05) is 30.5 Å². The molecule has 0 atom stereocenters. The molecule has 0 unspecified atom stereocenters. The minimum Gasteiger partial charge on any atom is -0.463 e. The first-order valence-corrected chi connectivity index (χ1v) is 5.62. The van der Waals surface area contributed by atoms with E-state index in [-0.39, 0.29) is 5.97 Å². The van der Waals surface area contributed by atoms with Crippen LogP contribution in [0.1, 0.15) is 12.5 Å². The smallest absolute Gasteiger partial charge is 0.333 e. The molecular formula is C14H15NO2. The van der Waals surface area contributed by atoms with Crippen molar-refractivity contribution >= 4 is 16.9 Å². The molecule has 0 fully saturated rings. The summed E-state index contributed by atoms with van der Waals surface area (Å²) in [5, 5.41) is 1.12. The number of aromatic amines is 1. The van der Waals surface area contributed by atoms with E-state index >= 15 is 0 Å². The number of nitrogens with one attached hydrogen (secondary N) is 1. The molecule has 0 bridgehead atoms. The maximum atomic E-state index is 11.5. The minimum atomic E-state index is -0.321. The van der Waals surface area contributed by atoms with Crippen molar-refractivity contribution in [1.82, 2.24) is 4.98 Å². The number of para-hydroxylation sites is 1. The van der Waals surface area contributed by atoms with Gasteiger partial charge in [0.1, 0.15) is 0 Å². The van der Waals surface area contributed by atoms with Crippen molar-refractivity contribution in [3.05, 3.63) is 48.2 Å². The van der Waals surface area contributed by atoms with Crippen molar-refractivity contribution in [2.45, 2.75) is 13.3 Å². The van der Waals surface area contributed by atoms with Crippen LogP contribution < -0.4 is 0 Å². The molecule has 0 amide bonds. The summed E-state index contributed by atoms with van der Waals surface area (Å²) >= 11 is 0. The van der Waals surface area contributed by atoms with E-state index in [9.17, 15) is 4.79 Å². The van der Waals surface area contributed by atoms with E-state index in [1.165, 1.54) is 0 Å². The Kier molecular flexibility index (Phi) is 3.28. The average Bonchev–Trinajstić information content (AvgIpc) is 2.73. The second kappa shape index (κ2) is 4.87. The van der Waals surface area contributed by atoms with Gasteiger partial charge in [0.25, 0.3) is 0 Å². The number of rotatable bonds is 4. The molecule has 2 aromatic rings. The van der Waals surface area contributed by atoms with Crippen molar-refractivity contribution in [3.63, 3.8) is 0 Å². The lowest BCUT2D eigenvalue weighted by atomic mass is 10.1. The Bertz CT molecular complexity index is 554. The van der Waals surface area contributed by atoms with Gasteiger partial charge in [0, 0.05) is 29.1 Å². The summed E-state index contributed by atoms with van der Waals surface area (Å²) in [7, 11) is 0. The molecule has 0 saturated carbocycles. The van der Waals surface area contributed by atoms with Crippen LogP contribution in [-0.4, -0.2) is 17.6 Å². The van der Waals surface area contributed by atoms with E-state index < -0.39 is 0 Å². The minimum absolute atomic E-state index is 0.321. The molecule has 0 aliphatic carbocycles. The molecular weight excluding hydrogens is 214 g/mol. The van der Waals surface area contributed by atoms with Gasteiger partial charge in [-0.05, 0) is 18.6 Å². The van der Waals surface area contributed by atoms with Crippen LogP contribution in [0.3, 0.4) is 0 Å². The first kappa shape index (κ1) is 11.5. The number of hydrogen-bond donors (Lipinski definition) is 1. The van der Waals surface area contributed by atoms with Crippen LogP contribution in [0, 0.1) is 0 Å². The molecule has 0 aliphatic rings. The van der Waals surface area contributed by atoms with Gasteiger partial charge in [0.15, 0.2) is 0 Å². The van der Waals surface area contributed by atoms with E-state index in [0.717, 1.165) is 16.5 Å². The summed E-state index contributed by atoms with van der Waals surface area (Å²) in [6, 6.07) is 7.99. The van der Waals surface area contributed by atoms with Crippen LogP contribution in [0.2, 0.25) is 0 Å². The molecule has 0 radical (unpaired) electrons. The number of carbonyl (C=O) groups excluding carboxylic acids is 1. The Labute approximate surface area is 100 Å². The number of esters is 1. The van der Waals surface area contributed by atoms with E-state index in [4.69, 9.17) is 4.74 Å². The molecule has 3 nitrogen and oxygen atoms in total. The number of aromatic nitrogens is 1. The zero-order valence-electron chi connectivity index (χ0n) is 9.82. The van der Waals surface area contributed by atoms with Crippen LogP contribution in [0.15, 0.2) is 42.6 Å². The third kappa shape index (κ3) is 2.38. The van der Waals surface area contributed by atoms with E-state index in [1.54, 1.807) is 6.92 Å². The van der Waals surface area contributed by atoms with Crippen molar-refractivity contribution in [3.8, 4) is 0 Å². The maximum Gasteiger partial charge on any atom is 0.333 e. The van der Waals surface area contributed by atoms with E-state index in [2.05, 4.69) is 11.6 Å². The summed E-state index contributed by atoms with van der Waals surface area (Å²) in [6.45, 7) is 5.94. The average molecular weight is 229 g/mol. The fourth-order valence-corrected chi connectivity index (χ4v) is 1.81. The van der Waals surface area contributed by atoms with Crippen molar-refractivity contribution in [2.75, 3.05) is 6.61 Å². The summed E-state index contributed by atoms with van der Waals surface area (Å²) < 4.78 is 4.92. The molecule has 3 heteroatoms. The molecule has 1 N–H and O–H groups in total. The Morgan fingerprint density at radius 3 is 2.94 bits per heavy atom. The number of ether oxygens (including phenoxy) is 1. The SMILES string of the molecule is C=C(Cc1c[nH]c2ccccc12)C(=O)OCC. The molecule has 2 rings (SSSR count). The van der Waals surface area contributed by atoms with Gasteiger partial charge in [0.2, 0.25) is 0 Å². The highest BCUT2D eigenvalue weighted by Gasteiger charge is 2.11. The van der Waals surface area contributed by atoms with Gasteiger partial charge in [-0.15, -0.1) is 0 Å². The molecule has 1 heterocycles. The van der Waals surface area contributed by atoms with Gasteiger partial charge in [-0.25, -0.2) is 4.79 Å². The van der Waals surface area contributed by atoms with Gasteiger partial charge in [-0.3, -0.25) is 0 Å². The lowest BCUT2D eigenvalue weighted by Gasteiger charge is -2.04. The number of fused-ring (bicyclic) bond motifs is 1. The summed E-state index contributed by atoms with van der Waals surface area (Å²) in [5.74, 6) is -0.321. The summed E-state index contributed by atoms with van der Waals surface area (Å²) in [5.41, 5.74) is 2.62. The third-order valence-corrected chi connectivity index (χ3v) is 2.64. The van der Waals surface area contributed by atoms with Crippen molar-refractivity contribution in [2.24, 2.45) is 0 Å². The highest BCUT2D eigenvalue weighted by Crippen LogP contribution is 2.20. The molecule has 0 saturated heterocycles. The normalized spacial score (nSPS) is 10.4. The Morgan fingerprint density at radius 1 is 1.41 bits per heavy atom. The van der Waals surface area contributed by atoms with Gasteiger partial charge < -0.3 is 9.72 Å². The second-order valence-electron chi connectivity index (χ2n) is 3.86. The second-order valence-corrected chi connectivity index (χ2v) is 3.86. The van der Waals surface area contributed by atoms with Crippen LogP contribution in [0.25, 0.3) is 10.9 Å². The molecule has 1 aromatic carbocycles. The maximum absolute atomic E-state index is 11.5. The topological polar surface area (TPSA) is 42.1 Å². The fraction of sp³-hybridized carbons (Fsp3) is 0.214. The van der Waals surface area contributed by atoms with Gasteiger partial charge >= 0.3 is 5.97 Å². The van der Waals surface area contributed by atoms with Crippen LogP contribution >= 0.6 is 0 Å². The first-order valence-electron chi connectivity index (χ1n) is 5.62. The van der Waals surface area contributed by atoms with Gasteiger partial charge in [0.05, 0.1) is 6.61 Å². The fourth-order valence-electron chi connectivity index (χ4n) is 1.81. The number of carbonyl (C=O) groups is 1. The van der Waals surface area contributed by atoms with Gasteiger partial charge in [-0.2, -0.15) is 0 Å². The quantitative estimate of drug-likeness (QED) is 0.647. The standard InChI is InChI=1S/C14H15NO2/c1-3-17-14(16)10(2)8-11-9-15-13-7-5-4-6-12(11)13/h4-7,9,15H,2-3,8H2,1H3. The highest BCUT2D eigenvalue weighted by molar-refractivity contribution is 5.90. The predicted octanol–water partition coefficient (Wildman–Crippen LogP) is 2.83. The predicted molar refractivity (Wildman–Crippen MR) is 67.8 cm³/mol. The molecule has 17 heavy (non-hydrogen) atoms. The zero-order valence-corrected chi connectivity index (χ0v) is 9.82. The lowest BCUT2D eigenvalue weighted by molar-refractivity contribution is -0.138. The number of H-pyrrole nitrogens is 1. The Morgan fingerprint density at radius 2 is 2.18 bits per heavy atom. The van der Waals surface area contributed by atoms with Gasteiger partial charge in [-0.1, -0.05) is 24.8 Å². The molecule has 1 aromatic heterocycles. The Hall–Kier alpha value is -2.03. The number of hydrogen-bond acceptors (Lipinski definition) is 2. The van der Waals surface area contributed by atoms with Crippen LogP contribution in [0.4, 0.5) is 0 Å². The van der Waals surface area contributed by atoms with E-state index in [0.29, 0.717) is 18.6 Å². The van der Waals surface area contributed by atoms with Crippen LogP contribution in [0.5, 0.6) is 0 Å². The van der Waals surface area contributed by atoms with Crippen molar-refractivity contribution in [1.29, 1.82) is 0 Å². The Balaban J connectivity index is 2.19. The summed E-state index contributed by atoms with van der Waals surface area (Å²) in [6.07, 6.45) is 2.43. The zero-order chi connectivity index (χ0) is 12.3.